The summed E-state index contributed by atoms with van der Waals surface area (Å²) in [6.45, 7) is 1.89. The molecule has 0 spiro atoms. The van der Waals surface area contributed by atoms with E-state index in [-0.39, 0.29) is 11.2 Å². The van der Waals surface area contributed by atoms with Gasteiger partial charge < -0.3 is 4.90 Å². The molecular weight excluding hydrogens is 296 g/mol. The van der Waals surface area contributed by atoms with Gasteiger partial charge in [0.25, 0.3) is 0 Å². The van der Waals surface area contributed by atoms with Crippen LogP contribution in [0, 0.1) is 0 Å². The van der Waals surface area contributed by atoms with Gasteiger partial charge in [0.1, 0.15) is 0 Å². The molecule has 3 aromatic rings. The van der Waals surface area contributed by atoms with Gasteiger partial charge in [0, 0.05) is 18.9 Å². The van der Waals surface area contributed by atoms with E-state index in [1.54, 1.807) is 11.9 Å². The number of carbonyl (C=O) groups excluding carboxylic acids is 1. The third kappa shape index (κ3) is 2.82. The number of para-hydroxylation sites is 1. The molecule has 1 atom stereocenters. The van der Waals surface area contributed by atoms with Crippen molar-refractivity contribution in [3.63, 3.8) is 0 Å². The van der Waals surface area contributed by atoms with Crippen molar-refractivity contribution in [1.82, 2.24) is 14.6 Å². The Labute approximate surface area is 133 Å². The van der Waals surface area contributed by atoms with Crippen LogP contribution >= 0.6 is 11.8 Å². The average Bonchev–Trinajstić information content (AvgIpc) is 2.97. The van der Waals surface area contributed by atoms with Crippen LogP contribution in [0.1, 0.15) is 6.92 Å². The number of aromatic nitrogens is 3. The maximum absolute atomic E-state index is 12.6. The normalized spacial score (nSPS) is 12.3. The van der Waals surface area contributed by atoms with Crippen LogP contribution in [-0.2, 0) is 4.79 Å². The van der Waals surface area contributed by atoms with Gasteiger partial charge in [-0.05, 0) is 31.2 Å². The van der Waals surface area contributed by atoms with Gasteiger partial charge in [0.05, 0.1) is 5.25 Å². The molecule has 0 aliphatic rings. The molecule has 1 aromatic carbocycles. The summed E-state index contributed by atoms with van der Waals surface area (Å²) in [5, 5.41) is 8.72. The zero-order chi connectivity index (χ0) is 15.5. The molecule has 3 rings (SSSR count). The van der Waals surface area contributed by atoms with Gasteiger partial charge in [-0.1, -0.05) is 36.0 Å². The van der Waals surface area contributed by atoms with E-state index in [0.29, 0.717) is 0 Å². The highest BCUT2D eigenvalue weighted by Crippen LogP contribution is 2.24. The van der Waals surface area contributed by atoms with Crippen molar-refractivity contribution in [2.45, 2.75) is 17.3 Å². The van der Waals surface area contributed by atoms with Gasteiger partial charge in [0.15, 0.2) is 10.8 Å². The van der Waals surface area contributed by atoms with E-state index in [1.807, 2.05) is 66.1 Å². The van der Waals surface area contributed by atoms with Crippen LogP contribution < -0.4 is 4.90 Å². The lowest BCUT2D eigenvalue weighted by molar-refractivity contribution is -0.117. The molecule has 0 fully saturated rings. The lowest BCUT2D eigenvalue weighted by atomic mass is 10.3. The van der Waals surface area contributed by atoms with Crippen LogP contribution in [0.4, 0.5) is 5.69 Å². The average molecular weight is 312 g/mol. The van der Waals surface area contributed by atoms with Crippen molar-refractivity contribution >= 4 is 29.0 Å². The quantitative estimate of drug-likeness (QED) is 0.695. The molecule has 22 heavy (non-hydrogen) atoms. The molecule has 1 amide bonds. The fraction of sp³-hybridized carbons (Fsp3) is 0.188. The molecule has 0 bridgehead atoms. The molecule has 2 heterocycles. The molecule has 0 radical (unpaired) electrons. The second-order valence-corrected chi connectivity index (χ2v) is 6.21. The minimum Gasteiger partial charge on any atom is -0.315 e. The molecule has 6 heteroatoms. The number of hydrogen-bond donors (Lipinski definition) is 0. The van der Waals surface area contributed by atoms with Crippen molar-refractivity contribution in [1.29, 1.82) is 0 Å². The molecule has 0 aliphatic heterocycles. The zero-order valence-corrected chi connectivity index (χ0v) is 13.2. The van der Waals surface area contributed by atoms with Gasteiger partial charge in [-0.15, -0.1) is 10.2 Å². The summed E-state index contributed by atoms with van der Waals surface area (Å²) in [6, 6.07) is 15.3. The topological polar surface area (TPSA) is 50.5 Å². The summed E-state index contributed by atoms with van der Waals surface area (Å²) in [4.78, 5) is 14.2. The van der Waals surface area contributed by atoms with E-state index in [2.05, 4.69) is 10.2 Å². The molecule has 0 saturated heterocycles. The maximum atomic E-state index is 12.6. The van der Waals surface area contributed by atoms with E-state index in [1.165, 1.54) is 11.8 Å². The van der Waals surface area contributed by atoms with Crippen LogP contribution in [0.5, 0.6) is 0 Å². The number of carbonyl (C=O) groups is 1. The third-order valence-corrected chi connectivity index (χ3v) is 4.43. The highest BCUT2D eigenvalue weighted by Gasteiger charge is 2.21. The molecule has 0 saturated carbocycles. The summed E-state index contributed by atoms with van der Waals surface area (Å²) in [7, 11) is 1.79. The Hall–Kier alpha value is -2.34. The Balaban J connectivity index is 1.76. The van der Waals surface area contributed by atoms with E-state index in [0.717, 1.165) is 16.5 Å². The Morgan fingerprint density at radius 1 is 1.14 bits per heavy atom. The number of fused-ring (bicyclic) bond motifs is 1. The number of benzene rings is 1. The van der Waals surface area contributed by atoms with E-state index in [4.69, 9.17) is 0 Å². The molecule has 1 unspecified atom stereocenters. The summed E-state index contributed by atoms with van der Waals surface area (Å²) < 4.78 is 1.89. The van der Waals surface area contributed by atoms with Crippen molar-refractivity contribution in [2.75, 3.05) is 11.9 Å². The molecule has 112 valence electrons. The van der Waals surface area contributed by atoms with Gasteiger partial charge in [-0.2, -0.15) is 0 Å². The second kappa shape index (κ2) is 6.19. The van der Waals surface area contributed by atoms with Crippen LogP contribution in [0.15, 0.2) is 59.9 Å². The number of anilines is 1. The van der Waals surface area contributed by atoms with Crippen molar-refractivity contribution in [2.24, 2.45) is 0 Å². The summed E-state index contributed by atoms with van der Waals surface area (Å²) in [6.07, 6.45) is 1.90. The highest BCUT2D eigenvalue weighted by molar-refractivity contribution is 8.00. The molecule has 5 nitrogen and oxygen atoms in total. The van der Waals surface area contributed by atoms with E-state index < -0.39 is 0 Å². The lowest BCUT2D eigenvalue weighted by Crippen LogP contribution is -2.33. The minimum atomic E-state index is -0.252. The van der Waals surface area contributed by atoms with E-state index >= 15 is 0 Å². The minimum absolute atomic E-state index is 0.0314. The predicted molar refractivity (Wildman–Crippen MR) is 88.2 cm³/mol. The van der Waals surface area contributed by atoms with Crippen molar-refractivity contribution in [3.8, 4) is 0 Å². The van der Waals surface area contributed by atoms with Crippen LogP contribution in [0.3, 0.4) is 0 Å². The van der Waals surface area contributed by atoms with Crippen LogP contribution in [0.2, 0.25) is 0 Å². The first-order chi connectivity index (χ1) is 10.7. The first kappa shape index (κ1) is 14.6. The Morgan fingerprint density at radius 2 is 1.86 bits per heavy atom. The molecule has 2 aromatic heterocycles. The van der Waals surface area contributed by atoms with Gasteiger partial charge >= 0.3 is 0 Å². The number of amides is 1. The number of nitrogens with zero attached hydrogens (tertiary/aromatic N) is 4. The summed E-state index contributed by atoms with van der Waals surface area (Å²) in [5.74, 6) is 0.0314. The van der Waals surface area contributed by atoms with Crippen LogP contribution in [-0.4, -0.2) is 32.8 Å². The third-order valence-electron chi connectivity index (χ3n) is 3.39. The summed E-state index contributed by atoms with van der Waals surface area (Å²) in [5.41, 5.74) is 1.66. The molecule has 0 N–H and O–H groups in total. The largest absolute Gasteiger partial charge is 0.315 e. The lowest BCUT2D eigenvalue weighted by Gasteiger charge is -2.20. The zero-order valence-electron chi connectivity index (χ0n) is 12.4. The number of pyridine rings is 1. The maximum Gasteiger partial charge on any atom is 0.240 e. The second-order valence-electron chi connectivity index (χ2n) is 4.90. The Morgan fingerprint density at radius 3 is 2.64 bits per heavy atom. The van der Waals surface area contributed by atoms with Crippen LogP contribution in [0.25, 0.3) is 5.65 Å². The molecular formula is C16H16N4OS. The summed E-state index contributed by atoms with van der Waals surface area (Å²) >= 11 is 1.41. The van der Waals surface area contributed by atoms with Crippen molar-refractivity contribution < 1.29 is 4.79 Å². The van der Waals surface area contributed by atoms with E-state index in [9.17, 15) is 4.79 Å². The standard InChI is InChI=1S/C16H16N4OS/c1-12(15(21)19(2)13-8-4-3-5-9-13)22-16-18-17-14-10-6-7-11-20(14)16/h3-12H,1-2H3. The molecule has 0 aliphatic carbocycles. The Bertz CT molecular complexity index is 787. The van der Waals surface area contributed by atoms with Crippen molar-refractivity contribution in [3.05, 3.63) is 54.7 Å². The number of thioether (sulfide) groups is 1. The first-order valence-electron chi connectivity index (χ1n) is 6.96. The van der Waals surface area contributed by atoms with Gasteiger partial charge in [0.2, 0.25) is 5.91 Å². The Kier molecular flexibility index (Phi) is 4.11. The predicted octanol–water partition coefficient (Wildman–Crippen LogP) is 2.87. The monoisotopic (exact) mass is 312 g/mol. The smallest absolute Gasteiger partial charge is 0.240 e. The van der Waals surface area contributed by atoms with Gasteiger partial charge in [-0.25, -0.2) is 0 Å². The highest BCUT2D eigenvalue weighted by atomic mass is 32.2. The van der Waals surface area contributed by atoms with Gasteiger partial charge in [-0.3, -0.25) is 9.20 Å². The fourth-order valence-corrected chi connectivity index (χ4v) is 3.09. The first-order valence-corrected chi connectivity index (χ1v) is 7.84. The fourth-order valence-electron chi connectivity index (χ4n) is 2.16. The number of rotatable bonds is 4. The SMILES string of the molecule is CC(Sc1nnc2ccccn12)C(=O)N(C)c1ccccc1. The number of hydrogen-bond acceptors (Lipinski definition) is 4.